The maximum absolute atomic E-state index is 11.9. The lowest BCUT2D eigenvalue weighted by Crippen LogP contribution is -2.45. The molecule has 0 aromatic rings. The molecule has 0 saturated heterocycles. The summed E-state index contributed by atoms with van der Waals surface area (Å²) in [6, 6.07) is 2.09. The lowest BCUT2D eigenvalue weighted by atomic mass is 9.97. The molecule has 0 unspecified atom stereocenters. The van der Waals surface area contributed by atoms with Crippen LogP contribution in [0, 0.1) is 17.2 Å². The Morgan fingerprint density at radius 1 is 1.27 bits per heavy atom. The zero-order valence-electron chi connectivity index (χ0n) is 9.68. The van der Waals surface area contributed by atoms with E-state index in [1.807, 2.05) is 0 Å². The number of hydrogen-bond acceptors (Lipinski definition) is 2. The lowest BCUT2D eigenvalue weighted by molar-refractivity contribution is -0.126. The molecule has 1 fully saturated rings. The second-order valence-corrected chi connectivity index (χ2v) is 4.91. The van der Waals surface area contributed by atoms with Crippen LogP contribution in [0.4, 0.5) is 0 Å². The summed E-state index contributed by atoms with van der Waals surface area (Å²) < 4.78 is 0. The van der Waals surface area contributed by atoms with E-state index in [9.17, 15) is 4.79 Å². The molecule has 0 spiro atoms. The molecule has 84 valence electrons. The average Bonchev–Trinajstić information content (AvgIpc) is 2.45. The van der Waals surface area contributed by atoms with Gasteiger partial charge in [0.25, 0.3) is 0 Å². The molecule has 0 atom stereocenters. The highest BCUT2D eigenvalue weighted by atomic mass is 16.2. The highest BCUT2D eigenvalue weighted by molar-refractivity contribution is 5.79. The van der Waals surface area contributed by atoms with Crippen LogP contribution >= 0.6 is 0 Å². The molecule has 3 heteroatoms. The standard InChI is InChI=1S/C12H20N2O/c1-12(2,9-13)14-11(15)10-7-5-3-4-6-8-10/h10H,3-8H2,1-2H3,(H,14,15). The van der Waals surface area contributed by atoms with E-state index < -0.39 is 5.54 Å². The SMILES string of the molecule is CC(C)(C#N)NC(=O)C1CCCCCC1. The van der Waals surface area contributed by atoms with Crippen molar-refractivity contribution in [3.63, 3.8) is 0 Å². The highest BCUT2D eigenvalue weighted by Gasteiger charge is 2.25. The molecule has 0 aromatic carbocycles. The molecule has 15 heavy (non-hydrogen) atoms. The average molecular weight is 208 g/mol. The van der Waals surface area contributed by atoms with Gasteiger partial charge in [0.1, 0.15) is 5.54 Å². The van der Waals surface area contributed by atoms with Crippen molar-refractivity contribution < 1.29 is 4.79 Å². The molecule has 3 nitrogen and oxygen atoms in total. The summed E-state index contributed by atoms with van der Waals surface area (Å²) in [5.41, 5.74) is -0.733. The highest BCUT2D eigenvalue weighted by Crippen LogP contribution is 2.23. The first kappa shape index (κ1) is 12.0. The largest absolute Gasteiger partial charge is 0.338 e. The Morgan fingerprint density at radius 3 is 2.27 bits per heavy atom. The van der Waals surface area contributed by atoms with Crippen LogP contribution in [-0.2, 0) is 4.79 Å². The predicted molar refractivity (Wildman–Crippen MR) is 59.0 cm³/mol. The van der Waals surface area contributed by atoms with Crippen molar-refractivity contribution in [2.45, 2.75) is 57.9 Å². The lowest BCUT2D eigenvalue weighted by Gasteiger charge is -2.21. The van der Waals surface area contributed by atoms with Crippen LogP contribution in [0.1, 0.15) is 52.4 Å². The van der Waals surface area contributed by atoms with Gasteiger partial charge in [-0.25, -0.2) is 0 Å². The predicted octanol–water partition coefficient (Wildman–Crippen LogP) is 2.38. The maximum Gasteiger partial charge on any atom is 0.224 e. The maximum atomic E-state index is 11.9. The first-order valence-electron chi connectivity index (χ1n) is 5.78. The van der Waals surface area contributed by atoms with Gasteiger partial charge in [-0.2, -0.15) is 5.26 Å². The molecule has 0 aliphatic heterocycles. The van der Waals surface area contributed by atoms with Crippen LogP contribution in [0.5, 0.6) is 0 Å². The Kier molecular flexibility index (Phi) is 4.14. The van der Waals surface area contributed by atoms with Crippen molar-refractivity contribution in [3.05, 3.63) is 0 Å². The summed E-state index contributed by atoms with van der Waals surface area (Å²) in [5.74, 6) is 0.184. The van der Waals surface area contributed by atoms with Crippen molar-refractivity contribution >= 4 is 5.91 Å². The molecule has 0 heterocycles. The summed E-state index contributed by atoms with van der Waals surface area (Å²) in [7, 11) is 0. The van der Waals surface area contributed by atoms with E-state index in [1.165, 1.54) is 12.8 Å². The fourth-order valence-corrected chi connectivity index (χ4v) is 1.98. The van der Waals surface area contributed by atoms with Crippen molar-refractivity contribution in [1.82, 2.24) is 5.32 Å². The fraction of sp³-hybridized carbons (Fsp3) is 0.833. The quantitative estimate of drug-likeness (QED) is 0.708. The number of rotatable bonds is 2. The number of carbonyl (C=O) groups excluding carboxylic acids is 1. The second kappa shape index (κ2) is 5.16. The molecule has 1 N–H and O–H groups in total. The third-order valence-corrected chi connectivity index (χ3v) is 2.94. The van der Waals surface area contributed by atoms with Crippen molar-refractivity contribution in [1.29, 1.82) is 5.26 Å². The number of carbonyl (C=O) groups is 1. The minimum Gasteiger partial charge on any atom is -0.338 e. The summed E-state index contributed by atoms with van der Waals surface area (Å²) in [5, 5.41) is 11.6. The number of hydrogen-bond donors (Lipinski definition) is 1. The van der Waals surface area contributed by atoms with Gasteiger partial charge < -0.3 is 5.32 Å². The molecule has 1 aliphatic rings. The summed E-state index contributed by atoms with van der Waals surface area (Å²) in [4.78, 5) is 11.9. The molecule has 1 amide bonds. The summed E-state index contributed by atoms with van der Waals surface area (Å²) in [6.07, 6.45) is 6.73. The Balaban J connectivity index is 2.49. The van der Waals surface area contributed by atoms with E-state index >= 15 is 0 Å². The van der Waals surface area contributed by atoms with Gasteiger partial charge in [-0.05, 0) is 26.7 Å². The zero-order valence-corrected chi connectivity index (χ0v) is 9.68. The van der Waals surface area contributed by atoms with E-state index in [-0.39, 0.29) is 11.8 Å². The molecule has 1 rings (SSSR count). The number of nitrogens with zero attached hydrogens (tertiary/aromatic N) is 1. The second-order valence-electron chi connectivity index (χ2n) is 4.91. The van der Waals surface area contributed by atoms with Gasteiger partial charge in [0.2, 0.25) is 5.91 Å². The van der Waals surface area contributed by atoms with Gasteiger partial charge in [0.05, 0.1) is 6.07 Å². The molecule has 0 radical (unpaired) electrons. The molecule has 0 bridgehead atoms. The van der Waals surface area contributed by atoms with E-state index in [4.69, 9.17) is 5.26 Å². The van der Waals surface area contributed by atoms with Crippen molar-refractivity contribution in [3.8, 4) is 6.07 Å². The van der Waals surface area contributed by atoms with Gasteiger partial charge in [-0.15, -0.1) is 0 Å². The molecule has 1 aliphatic carbocycles. The first-order chi connectivity index (χ1) is 7.05. The van der Waals surface area contributed by atoms with Crippen molar-refractivity contribution in [2.24, 2.45) is 5.92 Å². The van der Waals surface area contributed by atoms with E-state index in [2.05, 4.69) is 11.4 Å². The Hall–Kier alpha value is -1.04. The Bertz CT molecular complexity index is 257. The molecule has 1 saturated carbocycles. The smallest absolute Gasteiger partial charge is 0.224 e. The topological polar surface area (TPSA) is 52.9 Å². The first-order valence-corrected chi connectivity index (χ1v) is 5.78. The summed E-state index contributed by atoms with van der Waals surface area (Å²) in [6.45, 7) is 3.48. The van der Waals surface area contributed by atoms with Crippen LogP contribution in [-0.4, -0.2) is 11.4 Å². The molecule has 0 aromatic heterocycles. The van der Waals surface area contributed by atoms with Crippen LogP contribution < -0.4 is 5.32 Å². The third-order valence-electron chi connectivity index (χ3n) is 2.94. The normalized spacial score (nSPS) is 19.0. The monoisotopic (exact) mass is 208 g/mol. The number of nitrogens with one attached hydrogen (secondary N) is 1. The van der Waals surface area contributed by atoms with Gasteiger partial charge in [0.15, 0.2) is 0 Å². The zero-order chi connectivity index (χ0) is 11.3. The van der Waals surface area contributed by atoms with Gasteiger partial charge in [-0.1, -0.05) is 25.7 Å². The summed E-state index contributed by atoms with van der Waals surface area (Å²) >= 11 is 0. The van der Waals surface area contributed by atoms with Gasteiger partial charge >= 0.3 is 0 Å². The Labute approximate surface area is 91.9 Å². The van der Waals surface area contributed by atoms with Crippen LogP contribution in [0.2, 0.25) is 0 Å². The van der Waals surface area contributed by atoms with Crippen LogP contribution in [0.15, 0.2) is 0 Å². The fourth-order valence-electron chi connectivity index (χ4n) is 1.98. The van der Waals surface area contributed by atoms with E-state index in [1.54, 1.807) is 13.8 Å². The van der Waals surface area contributed by atoms with Gasteiger partial charge in [-0.3, -0.25) is 4.79 Å². The van der Waals surface area contributed by atoms with Crippen LogP contribution in [0.25, 0.3) is 0 Å². The van der Waals surface area contributed by atoms with Crippen molar-refractivity contribution in [2.75, 3.05) is 0 Å². The number of nitriles is 1. The molecular formula is C12H20N2O. The minimum atomic E-state index is -0.733. The van der Waals surface area contributed by atoms with E-state index in [0.717, 1.165) is 25.7 Å². The third kappa shape index (κ3) is 3.91. The van der Waals surface area contributed by atoms with E-state index in [0.29, 0.717) is 0 Å². The minimum absolute atomic E-state index is 0.0588. The Morgan fingerprint density at radius 2 is 1.80 bits per heavy atom. The number of amides is 1. The molecular weight excluding hydrogens is 188 g/mol. The van der Waals surface area contributed by atoms with Gasteiger partial charge in [0, 0.05) is 5.92 Å². The van der Waals surface area contributed by atoms with Crippen LogP contribution in [0.3, 0.4) is 0 Å².